The number of rotatable bonds is 8. The second-order valence-corrected chi connectivity index (χ2v) is 5.53. The molecule has 0 aromatic carbocycles. The molecule has 2 rings (SSSR count). The highest BCUT2D eigenvalue weighted by atomic mass is 16.7. The van der Waals surface area contributed by atoms with Gasteiger partial charge in [0.05, 0.1) is 12.3 Å². The molecule has 0 amide bonds. The van der Waals surface area contributed by atoms with Crippen molar-refractivity contribution < 1.29 is 34.7 Å². The lowest BCUT2D eigenvalue weighted by Crippen LogP contribution is -2.59. The van der Waals surface area contributed by atoms with Gasteiger partial charge >= 0.3 is 0 Å². The summed E-state index contributed by atoms with van der Waals surface area (Å²) in [7, 11) is 0. The van der Waals surface area contributed by atoms with Crippen molar-refractivity contribution in [1.82, 2.24) is 4.98 Å². The summed E-state index contributed by atoms with van der Waals surface area (Å²) in [6, 6.07) is 3.47. The molecule has 1 aromatic rings. The van der Waals surface area contributed by atoms with E-state index < -0.39 is 37.3 Å². The number of aromatic amines is 1. The number of carbonyl (C=O) groups excluding carboxylic acids is 1. The van der Waals surface area contributed by atoms with E-state index >= 15 is 0 Å². The normalized spacial score (nSPS) is 31.2. The van der Waals surface area contributed by atoms with Crippen LogP contribution in [0.2, 0.25) is 0 Å². The summed E-state index contributed by atoms with van der Waals surface area (Å²) in [4.78, 5) is 14.6. The molecule has 0 saturated carbocycles. The zero-order valence-corrected chi connectivity index (χ0v) is 12.7. The van der Waals surface area contributed by atoms with Crippen LogP contribution in [-0.2, 0) is 9.47 Å². The van der Waals surface area contributed by atoms with Crippen LogP contribution in [0, 0.1) is 0 Å². The molecule has 1 aliphatic heterocycles. The molecule has 8 nitrogen and oxygen atoms in total. The third kappa shape index (κ3) is 4.60. The number of hydrogen-bond donors (Lipinski definition) is 5. The zero-order valence-electron chi connectivity index (χ0n) is 12.7. The van der Waals surface area contributed by atoms with Crippen LogP contribution in [0.25, 0.3) is 0 Å². The van der Waals surface area contributed by atoms with E-state index in [0.29, 0.717) is 25.0 Å². The lowest BCUT2D eigenvalue weighted by molar-refractivity contribution is -0.301. The first-order valence-electron chi connectivity index (χ1n) is 7.63. The van der Waals surface area contributed by atoms with E-state index in [4.69, 9.17) is 14.6 Å². The van der Waals surface area contributed by atoms with Crippen LogP contribution in [0.3, 0.4) is 0 Å². The van der Waals surface area contributed by atoms with Crippen molar-refractivity contribution in [1.29, 1.82) is 0 Å². The number of nitrogens with one attached hydrogen (secondary N) is 1. The quantitative estimate of drug-likeness (QED) is 0.311. The number of ether oxygens (including phenoxy) is 2. The fourth-order valence-electron chi connectivity index (χ4n) is 2.43. The molecule has 0 spiro atoms. The summed E-state index contributed by atoms with van der Waals surface area (Å²) in [5.41, 5.74) is 0.569. The molecule has 1 fully saturated rings. The van der Waals surface area contributed by atoms with Gasteiger partial charge in [0.1, 0.15) is 24.4 Å². The minimum atomic E-state index is -1.44. The second-order valence-electron chi connectivity index (χ2n) is 5.53. The van der Waals surface area contributed by atoms with E-state index in [1.165, 1.54) is 0 Å². The fraction of sp³-hybridized carbons (Fsp3) is 0.667. The van der Waals surface area contributed by atoms with Gasteiger partial charge in [0.15, 0.2) is 12.1 Å². The van der Waals surface area contributed by atoms with Crippen molar-refractivity contribution in [3.8, 4) is 0 Å². The van der Waals surface area contributed by atoms with Crippen molar-refractivity contribution in [2.24, 2.45) is 0 Å². The van der Waals surface area contributed by atoms with Crippen LogP contribution in [0.5, 0.6) is 0 Å². The molecule has 1 saturated heterocycles. The third-order valence-electron chi connectivity index (χ3n) is 3.83. The van der Waals surface area contributed by atoms with Crippen LogP contribution in [-0.4, -0.2) is 75.1 Å². The smallest absolute Gasteiger partial charge is 0.186 e. The van der Waals surface area contributed by atoms with E-state index in [-0.39, 0.29) is 12.4 Å². The molecule has 0 aliphatic carbocycles. The molecule has 5 atom stereocenters. The zero-order chi connectivity index (χ0) is 16.8. The number of ketones is 1. The molecule has 5 unspecified atom stereocenters. The number of carbonyl (C=O) groups is 1. The lowest BCUT2D eigenvalue weighted by atomic mass is 9.99. The molecule has 1 aliphatic rings. The Balaban J connectivity index is 1.68. The Bertz CT molecular complexity index is 476. The van der Waals surface area contributed by atoms with Crippen molar-refractivity contribution in [3.05, 3.63) is 24.0 Å². The van der Waals surface area contributed by atoms with E-state index in [0.717, 1.165) is 0 Å². The van der Waals surface area contributed by atoms with E-state index in [9.17, 15) is 20.1 Å². The van der Waals surface area contributed by atoms with E-state index in [1.807, 2.05) is 0 Å². The average molecular weight is 329 g/mol. The van der Waals surface area contributed by atoms with Crippen molar-refractivity contribution in [2.45, 2.75) is 50.0 Å². The Morgan fingerprint density at radius 1 is 1.22 bits per heavy atom. The highest BCUT2D eigenvalue weighted by Gasteiger charge is 2.43. The highest BCUT2D eigenvalue weighted by Crippen LogP contribution is 2.22. The third-order valence-corrected chi connectivity index (χ3v) is 3.83. The fourth-order valence-corrected chi connectivity index (χ4v) is 2.43. The van der Waals surface area contributed by atoms with Crippen molar-refractivity contribution in [3.63, 3.8) is 0 Å². The molecule has 0 bridgehead atoms. The first-order valence-corrected chi connectivity index (χ1v) is 7.63. The monoisotopic (exact) mass is 329 g/mol. The van der Waals surface area contributed by atoms with Crippen LogP contribution < -0.4 is 0 Å². The van der Waals surface area contributed by atoms with E-state index in [2.05, 4.69) is 4.98 Å². The largest absolute Gasteiger partial charge is 0.394 e. The van der Waals surface area contributed by atoms with Crippen molar-refractivity contribution in [2.75, 3.05) is 13.2 Å². The van der Waals surface area contributed by atoms with Crippen LogP contribution in [0.4, 0.5) is 0 Å². The minimum Gasteiger partial charge on any atom is -0.394 e. The molecular formula is C15H23NO7. The Hall–Kier alpha value is -1.29. The van der Waals surface area contributed by atoms with Gasteiger partial charge in [0.2, 0.25) is 0 Å². The topological polar surface area (TPSA) is 132 Å². The van der Waals surface area contributed by atoms with Gasteiger partial charge in [0, 0.05) is 19.2 Å². The number of aromatic nitrogens is 1. The summed E-state index contributed by atoms with van der Waals surface area (Å²) >= 11 is 0. The van der Waals surface area contributed by atoms with Crippen LogP contribution in [0.15, 0.2) is 18.3 Å². The number of aliphatic hydroxyl groups is 4. The number of hydrogen-bond acceptors (Lipinski definition) is 7. The maximum atomic E-state index is 11.8. The summed E-state index contributed by atoms with van der Waals surface area (Å²) < 4.78 is 10.6. The molecule has 5 N–H and O–H groups in total. The first-order chi connectivity index (χ1) is 11.0. The maximum absolute atomic E-state index is 11.8. The number of H-pyrrole nitrogens is 1. The van der Waals surface area contributed by atoms with Gasteiger partial charge in [0.25, 0.3) is 0 Å². The van der Waals surface area contributed by atoms with E-state index in [1.54, 1.807) is 18.3 Å². The molecule has 8 heteroatoms. The average Bonchev–Trinajstić information content (AvgIpc) is 3.08. The summed E-state index contributed by atoms with van der Waals surface area (Å²) in [6.45, 7) is -0.268. The van der Waals surface area contributed by atoms with Crippen LogP contribution in [0.1, 0.15) is 29.8 Å². The molecular weight excluding hydrogens is 306 g/mol. The lowest BCUT2D eigenvalue weighted by Gasteiger charge is -2.39. The predicted octanol–water partition coefficient (Wildman–Crippen LogP) is -0.816. The van der Waals surface area contributed by atoms with Crippen LogP contribution >= 0.6 is 0 Å². The molecule has 23 heavy (non-hydrogen) atoms. The number of Topliss-reactive ketones (excluding diaryl/α,β-unsaturated/α-hetero) is 1. The highest BCUT2D eigenvalue weighted by molar-refractivity contribution is 5.94. The Morgan fingerprint density at radius 3 is 2.65 bits per heavy atom. The Labute approximate surface area is 133 Å². The summed E-state index contributed by atoms with van der Waals surface area (Å²) in [5, 5.41) is 38.1. The van der Waals surface area contributed by atoms with Gasteiger partial charge in [-0.3, -0.25) is 4.79 Å². The summed E-state index contributed by atoms with van der Waals surface area (Å²) in [6.07, 6.45) is -3.09. The van der Waals surface area contributed by atoms with Gasteiger partial charge in [-0.25, -0.2) is 0 Å². The maximum Gasteiger partial charge on any atom is 0.186 e. The van der Waals surface area contributed by atoms with Gasteiger partial charge in [-0.05, 0) is 25.0 Å². The van der Waals surface area contributed by atoms with Crippen molar-refractivity contribution >= 4 is 5.78 Å². The minimum absolute atomic E-state index is 0.0165. The predicted molar refractivity (Wildman–Crippen MR) is 78.7 cm³/mol. The summed E-state index contributed by atoms with van der Waals surface area (Å²) in [5.74, 6) is 0.0165. The molecule has 0 radical (unpaired) electrons. The van der Waals surface area contributed by atoms with Gasteiger partial charge < -0.3 is 34.9 Å². The number of unbranched alkanes of at least 4 members (excludes halogenated alkanes) is 1. The Kier molecular flexibility index (Phi) is 6.70. The van der Waals surface area contributed by atoms with Gasteiger partial charge in [-0.1, -0.05) is 0 Å². The number of aliphatic hydroxyl groups excluding tert-OH is 4. The van der Waals surface area contributed by atoms with Gasteiger partial charge in [-0.15, -0.1) is 0 Å². The standard InChI is InChI=1S/C15H23NO7/c17-8-11-12(19)13(20)14(21)15(23-11)22-7-2-1-5-10(18)9-4-3-6-16-9/h3-4,6,11-17,19-21H,1-2,5,7-8H2. The first kappa shape index (κ1) is 18.1. The SMILES string of the molecule is O=C(CCCCOC1OC(CO)C(O)C(O)C1O)c1ccc[nH]1. The molecule has 130 valence electrons. The second kappa shape index (κ2) is 8.53. The molecule has 2 heterocycles. The Morgan fingerprint density at radius 2 is 2.00 bits per heavy atom. The molecule has 1 aromatic heterocycles. The van der Waals surface area contributed by atoms with Gasteiger partial charge in [-0.2, -0.15) is 0 Å².